The highest BCUT2D eigenvalue weighted by atomic mass is 19.1. The van der Waals surface area contributed by atoms with E-state index in [1.807, 2.05) is 30.0 Å². The first-order valence-electron chi connectivity index (χ1n) is 5.70. The van der Waals surface area contributed by atoms with E-state index in [1.54, 1.807) is 12.3 Å². The highest BCUT2D eigenvalue weighted by Crippen LogP contribution is 2.26. The molecule has 2 rings (SSSR count). The number of pyridine rings is 1. The van der Waals surface area contributed by atoms with Crippen LogP contribution in [0.4, 0.5) is 21.6 Å². The van der Waals surface area contributed by atoms with Crippen LogP contribution in [0.15, 0.2) is 42.6 Å². The molecule has 0 saturated carbocycles. The molecule has 1 aromatic heterocycles. The van der Waals surface area contributed by atoms with Crippen LogP contribution in [0.3, 0.4) is 0 Å². The third-order valence-corrected chi connectivity index (χ3v) is 2.64. The van der Waals surface area contributed by atoms with E-state index < -0.39 is 0 Å². The summed E-state index contributed by atoms with van der Waals surface area (Å²) in [4.78, 5) is 6.03. The molecule has 0 aliphatic rings. The molecule has 0 fully saturated rings. The fraction of sp³-hybridized carbons (Fsp3) is 0.154. The average molecular weight is 246 g/mol. The third kappa shape index (κ3) is 2.57. The minimum absolute atomic E-state index is 0.253. The first-order valence-corrected chi connectivity index (χ1v) is 5.70. The van der Waals surface area contributed by atoms with Gasteiger partial charge in [0.25, 0.3) is 0 Å². The van der Waals surface area contributed by atoms with Gasteiger partial charge in [0.15, 0.2) is 0 Å². The van der Waals surface area contributed by atoms with Gasteiger partial charge in [0.1, 0.15) is 11.6 Å². The van der Waals surface area contributed by atoms with E-state index in [1.165, 1.54) is 12.1 Å². The first kappa shape index (κ1) is 12.3. The predicted molar refractivity (Wildman–Crippen MR) is 71.1 cm³/mol. The average Bonchev–Trinajstić information content (AvgIpc) is 2.40. The molecule has 5 heteroatoms. The number of nitrogens with two attached hydrogens (primary N) is 1. The van der Waals surface area contributed by atoms with Gasteiger partial charge in [0, 0.05) is 30.2 Å². The van der Waals surface area contributed by atoms with Crippen molar-refractivity contribution < 1.29 is 4.39 Å². The van der Waals surface area contributed by atoms with Crippen molar-refractivity contribution in [2.75, 3.05) is 16.9 Å². The molecule has 3 N–H and O–H groups in total. The summed E-state index contributed by atoms with van der Waals surface area (Å²) in [6.45, 7) is 2.72. The summed E-state index contributed by atoms with van der Waals surface area (Å²) in [5.41, 5.74) is 4.20. The number of nitrogens with one attached hydrogen (secondary N) is 1. The number of anilines is 3. The molecule has 0 spiro atoms. The molecule has 0 amide bonds. The van der Waals surface area contributed by atoms with Crippen molar-refractivity contribution in [2.24, 2.45) is 5.84 Å². The fourth-order valence-electron chi connectivity index (χ4n) is 1.82. The predicted octanol–water partition coefficient (Wildman–Crippen LogP) is 2.66. The Labute approximate surface area is 105 Å². The lowest BCUT2D eigenvalue weighted by Crippen LogP contribution is -2.17. The fourth-order valence-corrected chi connectivity index (χ4v) is 1.82. The summed E-state index contributed by atoms with van der Waals surface area (Å²) in [6, 6.07) is 10.2. The van der Waals surface area contributed by atoms with E-state index in [0.717, 1.165) is 17.9 Å². The normalized spacial score (nSPS) is 10.2. The Morgan fingerprint density at radius 1 is 1.28 bits per heavy atom. The Morgan fingerprint density at radius 3 is 2.72 bits per heavy atom. The summed E-state index contributed by atoms with van der Waals surface area (Å²) in [5.74, 6) is 5.65. The van der Waals surface area contributed by atoms with Crippen molar-refractivity contribution in [3.8, 4) is 0 Å². The van der Waals surface area contributed by atoms with Gasteiger partial charge < -0.3 is 10.3 Å². The van der Waals surface area contributed by atoms with Gasteiger partial charge in [-0.2, -0.15) is 0 Å². The Balaban J connectivity index is 2.38. The second-order valence-electron chi connectivity index (χ2n) is 3.77. The van der Waals surface area contributed by atoms with Crippen LogP contribution in [-0.2, 0) is 0 Å². The van der Waals surface area contributed by atoms with E-state index in [2.05, 4.69) is 10.4 Å². The topological polar surface area (TPSA) is 54.2 Å². The first-order chi connectivity index (χ1) is 8.74. The van der Waals surface area contributed by atoms with Crippen molar-refractivity contribution in [1.29, 1.82) is 0 Å². The highest BCUT2D eigenvalue weighted by molar-refractivity contribution is 5.65. The highest BCUT2D eigenvalue weighted by Gasteiger charge is 2.08. The molecular formula is C13H15FN4. The summed E-state index contributed by atoms with van der Waals surface area (Å²) in [6.07, 6.45) is 1.66. The van der Waals surface area contributed by atoms with Gasteiger partial charge in [0.05, 0.1) is 0 Å². The minimum atomic E-state index is -0.253. The molecule has 0 radical (unpaired) electrons. The SMILES string of the molecule is CCN(c1cccc(F)c1)c1ccnc(NN)c1. The number of nitrogens with zero attached hydrogens (tertiary/aromatic N) is 2. The maximum Gasteiger partial charge on any atom is 0.141 e. The van der Waals surface area contributed by atoms with E-state index in [-0.39, 0.29) is 5.82 Å². The Kier molecular flexibility index (Phi) is 3.74. The van der Waals surface area contributed by atoms with Gasteiger partial charge in [-0.15, -0.1) is 0 Å². The number of hydrogen-bond acceptors (Lipinski definition) is 4. The minimum Gasteiger partial charge on any atom is -0.342 e. The Bertz CT molecular complexity index is 530. The van der Waals surface area contributed by atoms with Crippen LogP contribution in [0.1, 0.15) is 6.92 Å². The molecule has 0 atom stereocenters. The van der Waals surface area contributed by atoms with Crippen molar-refractivity contribution in [2.45, 2.75) is 6.92 Å². The maximum atomic E-state index is 13.3. The summed E-state index contributed by atoms with van der Waals surface area (Å²) in [5, 5.41) is 0. The lowest BCUT2D eigenvalue weighted by molar-refractivity contribution is 0.627. The van der Waals surface area contributed by atoms with Crippen LogP contribution in [-0.4, -0.2) is 11.5 Å². The van der Waals surface area contributed by atoms with Crippen LogP contribution in [0, 0.1) is 5.82 Å². The zero-order chi connectivity index (χ0) is 13.0. The Morgan fingerprint density at radius 2 is 2.06 bits per heavy atom. The number of rotatable bonds is 4. The molecule has 0 saturated heterocycles. The lowest BCUT2D eigenvalue weighted by atomic mass is 10.2. The smallest absolute Gasteiger partial charge is 0.141 e. The van der Waals surface area contributed by atoms with Crippen LogP contribution >= 0.6 is 0 Å². The molecule has 0 aliphatic heterocycles. The molecule has 94 valence electrons. The maximum absolute atomic E-state index is 13.3. The van der Waals surface area contributed by atoms with Crippen LogP contribution in [0.25, 0.3) is 0 Å². The van der Waals surface area contributed by atoms with Gasteiger partial charge >= 0.3 is 0 Å². The van der Waals surface area contributed by atoms with Crippen LogP contribution in [0.5, 0.6) is 0 Å². The zero-order valence-corrected chi connectivity index (χ0v) is 10.1. The number of halogens is 1. The van der Waals surface area contributed by atoms with Gasteiger partial charge in [-0.3, -0.25) is 0 Å². The molecule has 18 heavy (non-hydrogen) atoms. The zero-order valence-electron chi connectivity index (χ0n) is 10.1. The molecule has 0 unspecified atom stereocenters. The molecule has 1 heterocycles. The molecule has 0 bridgehead atoms. The summed E-state index contributed by atoms with van der Waals surface area (Å²) < 4.78 is 13.3. The third-order valence-electron chi connectivity index (χ3n) is 2.64. The molecule has 1 aromatic carbocycles. The van der Waals surface area contributed by atoms with Gasteiger partial charge in [-0.1, -0.05) is 6.07 Å². The van der Waals surface area contributed by atoms with Gasteiger partial charge in [0.2, 0.25) is 0 Å². The summed E-state index contributed by atoms with van der Waals surface area (Å²) in [7, 11) is 0. The number of nitrogen functional groups attached to an aromatic ring is 1. The summed E-state index contributed by atoms with van der Waals surface area (Å²) >= 11 is 0. The quantitative estimate of drug-likeness (QED) is 0.643. The molecule has 4 nitrogen and oxygen atoms in total. The number of benzene rings is 1. The van der Waals surface area contributed by atoms with Crippen molar-refractivity contribution in [3.05, 3.63) is 48.4 Å². The van der Waals surface area contributed by atoms with Crippen LogP contribution in [0.2, 0.25) is 0 Å². The number of hydrazine groups is 1. The standard InChI is InChI=1S/C13H15FN4/c1-2-18(11-5-3-4-10(14)8-11)12-6-7-16-13(9-12)17-15/h3-9H,2,15H2,1H3,(H,16,17). The molecular weight excluding hydrogens is 231 g/mol. The number of aromatic nitrogens is 1. The molecule has 2 aromatic rings. The van der Waals surface area contributed by atoms with E-state index >= 15 is 0 Å². The molecule has 0 aliphatic carbocycles. The second kappa shape index (κ2) is 5.46. The van der Waals surface area contributed by atoms with Crippen LogP contribution < -0.4 is 16.2 Å². The van der Waals surface area contributed by atoms with Crippen molar-refractivity contribution >= 4 is 17.2 Å². The van der Waals surface area contributed by atoms with Gasteiger partial charge in [-0.25, -0.2) is 15.2 Å². The van der Waals surface area contributed by atoms with E-state index in [0.29, 0.717) is 5.82 Å². The second-order valence-corrected chi connectivity index (χ2v) is 3.77. The Hall–Kier alpha value is -2.14. The van der Waals surface area contributed by atoms with Crippen molar-refractivity contribution in [3.63, 3.8) is 0 Å². The number of hydrogen-bond donors (Lipinski definition) is 2. The van der Waals surface area contributed by atoms with Gasteiger partial charge in [-0.05, 0) is 31.2 Å². The van der Waals surface area contributed by atoms with E-state index in [9.17, 15) is 4.39 Å². The lowest BCUT2D eigenvalue weighted by Gasteiger charge is -2.23. The van der Waals surface area contributed by atoms with Crippen molar-refractivity contribution in [1.82, 2.24) is 4.98 Å². The monoisotopic (exact) mass is 246 g/mol. The van der Waals surface area contributed by atoms with E-state index in [4.69, 9.17) is 5.84 Å². The largest absolute Gasteiger partial charge is 0.342 e.